The first-order chi connectivity index (χ1) is 14.7. The van der Waals surface area contributed by atoms with Crippen LogP contribution in [0.25, 0.3) is 0 Å². The number of hydrogen-bond donors (Lipinski definition) is 1. The van der Waals surface area contributed by atoms with Crippen molar-refractivity contribution in [1.29, 1.82) is 1.43 Å². The van der Waals surface area contributed by atoms with E-state index in [9.17, 15) is 0 Å². The van der Waals surface area contributed by atoms with Crippen molar-refractivity contribution in [3.8, 4) is 11.5 Å². The molecule has 0 radical (unpaired) electrons. The number of aliphatic hydroxyl groups is 1. The van der Waals surface area contributed by atoms with Gasteiger partial charge in [-0.2, -0.15) is 0 Å². The van der Waals surface area contributed by atoms with E-state index in [0.717, 1.165) is 0 Å². The van der Waals surface area contributed by atoms with Crippen LogP contribution in [-0.4, -0.2) is 50.2 Å². The van der Waals surface area contributed by atoms with Gasteiger partial charge < -0.3 is 19.5 Å². The fraction of sp³-hybridized carbons (Fsp3) is 0.556. The summed E-state index contributed by atoms with van der Waals surface area (Å²) in [7, 11) is -2.90. The second-order valence-electron chi connectivity index (χ2n) is 6.40. The van der Waals surface area contributed by atoms with Gasteiger partial charge in [-0.05, 0) is 38.0 Å². The van der Waals surface area contributed by atoms with Crippen LogP contribution in [0.2, 0.25) is 0 Å². The molecule has 1 aromatic rings. The van der Waals surface area contributed by atoms with Crippen LogP contribution in [-0.2, 0) is 11.8 Å². The molecule has 1 N–H and O–H groups in total. The Morgan fingerprint density at radius 1 is 1.59 bits per heavy atom. The first-order valence-electron chi connectivity index (χ1n) is 12.3. The van der Waals surface area contributed by atoms with Gasteiger partial charge in [0.1, 0.15) is 12.2 Å². The first-order valence-corrected chi connectivity index (χ1v) is 7.37. The summed E-state index contributed by atoms with van der Waals surface area (Å²) >= 11 is 0. The Hall–Kier alpha value is -1.52. The molecule has 5 rings (SSSR count). The van der Waals surface area contributed by atoms with Gasteiger partial charge in [0.05, 0.1) is 15.3 Å². The highest BCUT2D eigenvalue weighted by Gasteiger charge is 2.64. The van der Waals surface area contributed by atoms with Crippen molar-refractivity contribution in [1.82, 2.24) is 4.90 Å². The number of ether oxygens (including phenoxy) is 2. The van der Waals surface area contributed by atoms with Gasteiger partial charge in [0, 0.05) is 27.1 Å². The first kappa shape index (κ1) is 6.54. The van der Waals surface area contributed by atoms with Gasteiger partial charge >= 0.3 is 0 Å². The highest BCUT2D eigenvalue weighted by molar-refractivity contribution is 5.62. The predicted molar refractivity (Wildman–Crippen MR) is 82.5 cm³/mol. The van der Waals surface area contributed by atoms with E-state index in [1.807, 2.05) is 0 Å². The molecule has 4 nitrogen and oxygen atoms in total. The predicted octanol–water partition coefficient (Wildman–Crippen LogP) is 1.50. The van der Waals surface area contributed by atoms with Crippen molar-refractivity contribution in [2.45, 2.75) is 36.5 Å². The Bertz CT molecular complexity index is 1020. The summed E-state index contributed by atoms with van der Waals surface area (Å²) in [5.74, 6) is -0.855. The standard InChI is InChI=1S/C18H21NO3/c1-19-8-7-18-11-4-5-13(20)17(18)22-16-14(21-2)6-3-10(15(16)18)9-12(11)19/h3-6,11-13,17,20H,7-9H2,1-2H3/t11-,12+,13?,17?,18-/m0/s1/i1D3,2D3,3D,6D,13D,20D. The van der Waals surface area contributed by atoms with Gasteiger partial charge in [-0.15, -0.1) is 0 Å². The topological polar surface area (TPSA) is 41.9 Å². The molecular weight excluding hydrogens is 278 g/mol. The fourth-order valence-corrected chi connectivity index (χ4v) is 4.80. The molecule has 4 aliphatic rings. The minimum absolute atomic E-state index is 0.0229. The molecule has 2 aliphatic carbocycles. The van der Waals surface area contributed by atoms with E-state index in [1.54, 1.807) is 6.08 Å². The molecule has 0 aromatic heterocycles. The third kappa shape index (κ3) is 1.28. The molecule has 5 atom stereocenters. The summed E-state index contributed by atoms with van der Waals surface area (Å²) < 4.78 is 90.8. The van der Waals surface area contributed by atoms with Crippen LogP contribution in [0.1, 0.15) is 29.9 Å². The highest BCUT2D eigenvalue weighted by atomic mass is 16.5. The number of benzene rings is 1. The Morgan fingerprint density at radius 3 is 3.45 bits per heavy atom. The zero-order chi connectivity index (χ0) is 23.4. The maximum absolute atomic E-state index is 8.71. The van der Waals surface area contributed by atoms with E-state index >= 15 is 0 Å². The number of hydrogen-bond acceptors (Lipinski definition) is 4. The summed E-state index contributed by atoms with van der Waals surface area (Å²) in [6.45, 7) is -2.23. The third-order valence-corrected chi connectivity index (χ3v) is 5.65. The molecule has 2 unspecified atom stereocenters. The summed E-state index contributed by atoms with van der Waals surface area (Å²) in [5, 5.41) is 4.75. The Labute approximate surface area is 144 Å². The maximum atomic E-state index is 8.71. The Balaban J connectivity index is 1.81. The van der Waals surface area contributed by atoms with Crippen molar-refractivity contribution in [3.63, 3.8) is 0 Å². The molecule has 0 saturated carbocycles. The molecule has 1 spiro atoms. The highest BCUT2D eigenvalue weighted by Crippen LogP contribution is 2.62. The number of piperidine rings is 1. The quantitative estimate of drug-likeness (QED) is 0.841. The van der Waals surface area contributed by atoms with Gasteiger partial charge in [-0.3, -0.25) is 0 Å². The van der Waals surface area contributed by atoms with Gasteiger partial charge in [-0.1, -0.05) is 18.2 Å². The van der Waals surface area contributed by atoms with Crippen molar-refractivity contribution in [3.05, 3.63) is 35.4 Å². The number of nitrogens with zero attached hydrogens (tertiary/aromatic N) is 1. The lowest BCUT2D eigenvalue weighted by atomic mass is 9.53. The molecule has 2 heterocycles. The van der Waals surface area contributed by atoms with Crippen LogP contribution in [0.4, 0.5) is 0 Å². The van der Waals surface area contributed by atoms with Crippen molar-refractivity contribution >= 4 is 0 Å². The lowest BCUT2D eigenvalue weighted by Crippen LogP contribution is -2.64. The smallest absolute Gasteiger partial charge is 0.211 e. The van der Waals surface area contributed by atoms with Crippen LogP contribution < -0.4 is 9.47 Å². The van der Waals surface area contributed by atoms with Crippen LogP contribution in [0.5, 0.6) is 11.5 Å². The van der Waals surface area contributed by atoms with E-state index in [4.69, 9.17) is 28.4 Å². The minimum Gasteiger partial charge on any atom is -0.493 e. The van der Waals surface area contributed by atoms with Crippen molar-refractivity contribution in [2.24, 2.45) is 5.92 Å². The van der Waals surface area contributed by atoms with Crippen molar-refractivity contribution < 1.29 is 26.9 Å². The molecular formula is C18H21NO3. The second kappa shape index (κ2) is 4.06. The van der Waals surface area contributed by atoms with E-state index in [1.165, 1.54) is 11.0 Å². The normalized spacial score (nSPS) is 52.1. The zero-order valence-corrected chi connectivity index (χ0v) is 11.7. The zero-order valence-electron chi connectivity index (χ0n) is 21.7. The maximum Gasteiger partial charge on any atom is 0.211 e. The van der Waals surface area contributed by atoms with E-state index < -0.39 is 55.4 Å². The van der Waals surface area contributed by atoms with E-state index in [0.29, 0.717) is 11.1 Å². The van der Waals surface area contributed by atoms with Crippen LogP contribution in [0.3, 0.4) is 0 Å². The van der Waals surface area contributed by atoms with Gasteiger partial charge in [0.25, 0.3) is 0 Å². The summed E-state index contributed by atoms with van der Waals surface area (Å²) in [5.41, 5.74) is -0.140. The molecule has 1 saturated heterocycles. The molecule has 1 aromatic carbocycles. The largest absolute Gasteiger partial charge is 0.493 e. The molecule has 22 heavy (non-hydrogen) atoms. The van der Waals surface area contributed by atoms with Gasteiger partial charge in [-0.25, -0.2) is 0 Å². The van der Waals surface area contributed by atoms with E-state index in [2.05, 4.69) is 0 Å². The number of rotatable bonds is 2. The molecule has 1 fully saturated rings. The van der Waals surface area contributed by atoms with Gasteiger partial charge in [0.15, 0.2) is 11.5 Å². The molecule has 0 amide bonds. The lowest BCUT2D eigenvalue weighted by molar-refractivity contribution is -0.0453. The SMILES string of the molecule is [2H]OC1([2H])C=C[C@H]2[C@H]3Cc4c([2H])c([2H])c(OC([2H])([2H])[2H])c5c4[C@@]2(CCN3C([2H])([2H])[2H])C1O5. The summed E-state index contributed by atoms with van der Waals surface area (Å²) in [4.78, 5) is 1.40. The Kier molecular flexibility index (Phi) is 1.21. The van der Waals surface area contributed by atoms with Crippen LogP contribution in [0, 0.1) is 5.92 Å². The van der Waals surface area contributed by atoms with E-state index in [-0.39, 0.29) is 31.2 Å². The van der Waals surface area contributed by atoms with Crippen LogP contribution >= 0.6 is 0 Å². The number of likely N-dealkylation sites (tertiary alicyclic amines) is 1. The van der Waals surface area contributed by atoms with Crippen molar-refractivity contribution in [2.75, 3.05) is 20.6 Å². The van der Waals surface area contributed by atoms with Gasteiger partial charge in [0.2, 0.25) is 1.43 Å². The average Bonchev–Trinajstić information content (AvgIpc) is 3.02. The minimum atomic E-state index is -2.90. The average molecular weight is 309 g/mol. The third-order valence-electron chi connectivity index (χ3n) is 5.65. The fourth-order valence-electron chi connectivity index (χ4n) is 4.80. The Morgan fingerprint density at radius 2 is 2.59 bits per heavy atom. The summed E-state index contributed by atoms with van der Waals surface area (Å²) in [6, 6.07) is -1.28. The number of likely N-dealkylation sites (N-methyl/N-ethyl adjacent to an activating group) is 1. The summed E-state index contributed by atoms with van der Waals surface area (Å²) in [6.07, 6.45) is 0.393. The second-order valence-corrected chi connectivity index (χ2v) is 6.40. The number of methoxy groups -OCH3 is 1. The molecule has 116 valence electrons. The van der Waals surface area contributed by atoms with Crippen LogP contribution in [0.15, 0.2) is 24.2 Å². The monoisotopic (exact) mass is 309 g/mol. The lowest BCUT2D eigenvalue weighted by Gasteiger charge is -2.56. The molecule has 4 heteroatoms. The molecule has 2 bridgehead atoms. The molecule has 2 aliphatic heterocycles.